The van der Waals surface area contributed by atoms with Crippen LogP contribution in [0.1, 0.15) is 0 Å². The largest absolute Gasteiger partial charge is 0.245 e. The first-order valence-electron chi connectivity index (χ1n) is 12.1. The van der Waals surface area contributed by atoms with Gasteiger partial charge in [-0.1, -0.05) is 114 Å². The van der Waals surface area contributed by atoms with Crippen molar-refractivity contribution in [3.05, 3.63) is 103 Å². The lowest BCUT2D eigenvalue weighted by Crippen LogP contribution is -2.57. The average molecular weight is 476 g/mol. The van der Waals surface area contributed by atoms with Crippen LogP contribution in [0, 0.1) is 0 Å². The molecule has 0 unspecified atom stereocenters. The number of benzene rings is 6. The van der Waals surface area contributed by atoms with Gasteiger partial charge in [-0.25, -0.2) is 0 Å². The van der Waals surface area contributed by atoms with Gasteiger partial charge in [-0.2, -0.15) is 0 Å². The van der Waals surface area contributed by atoms with Crippen molar-refractivity contribution in [1.29, 1.82) is 0 Å². The number of thiophene rings is 1. The maximum absolute atomic E-state index is 2.53. The minimum absolute atomic E-state index is 0.252. The molecule has 160 valence electrons. The Kier molecular flexibility index (Phi) is 3.52. The van der Waals surface area contributed by atoms with Crippen molar-refractivity contribution in [1.82, 2.24) is 0 Å². The van der Waals surface area contributed by atoms with Crippen LogP contribution in [0.3, 0.4) is 0 Å². The van der Waals surface area contributed by atoms with Gasteiger partial charge in [-0.15, -0.1) is 11.3 Å². The molecule has 3 heterocycles. The SMILES string of the molecule is c1cc2c3c(c1)-c1cccc4c1c(cc1c5ccccc5sc41)B3c1ccc3ccccc3c1S2. The van der Waals surface area contributed by atoms with E-state index in [1.54, 1.807) is 0 Å². The summed E-state index contributed by atoms with van der Waals surface area (Å²) >= 11 is 3.89. The molecule has 0 saturated carbocycles. The van der Waals surface area contributed by atoms with Crippen molar-refractivity contribution in [2.45, 2.75) is 9.79 Å². The maximum Gasteiger partial charge on any atom is 0.245 e. The monoisotopic (exact) mass is 476 g/mol. The first kappa shape index (κ1) is 18.8. The number of hydrogen-bond acceptors (Lipinski definition) is 2. The van der Waals surface area contributed by atoms with Crippen LogP contribution in [0.5, 0.6) is 0 Å². The number of hydrogen-bond donors (Lipinski definition) is 0. The van der Waals surface area contributed by atoms with Crippen LogP contribution in [-0.2, 0) is 0 Å². The van der Waals surface area contributed by atoms with Crippen molar-refractivity contribution in [2.24, 2.45) is 0 Å². The second-order valence-electron chi connectivity index (χ2n) is 9.63. The quantitative estimate of drug-likeness (QED) is 0.207. The molecule has 35 heavy (non-hydrogen) atoms. The highest BCUT2D eigenvalue weighted by Crippen LogP contribution is 2.44. The van der Waals surface area contributed by atoms with Gasteiger partial charge in [0, 0.05) is 30.0 Å². The third-order valence-electron chi connectivity index (χ3n) is 7.92. The molecule has 0 radical (unpaired) electrons. The lowest BCUT2D eigenvalue weighted by atomic mass is 9.33. The van der Waals surface area contributed by atoms with E-state index in [1.165, 1.54) is 79.0 Å². The van der Waals surface area contributed by atoms with Crippen LogP contribution in [0.4, 0.5) is 0 Å². The van der Waals surface area contributed by atoms with Crippen molar-refractivity contribution in [3.8, 4) is 11.1 Å². The fourth-order valence-electron chi connectivity index (χ4n) is 6.50. The van der Waals surface area contributed by atoms with Gasteiger partial charge in [-0.3, -0.25) is 0 Å². The lowest BCUT2D eigenvalue weighted by molar-refractivity contribution is 1.46. The van der Waals surface area contributed by atoms with Gasteiger partial charge in [-0.05, 0) is 50.3 Å². The predicted molar refractivity (Wildman–Crippen MR) is 155 cm³/mol. The van der Waals surface area contributed by atoms with Gasteiger partial charge in [0.2, 0.25) is 6.71 Å². The van der Waals surface area contributed by atoms with Crippen LogP contribution in [0.25, 0.3) is 52.8 Å². The van der Waals surface area contributed by atoms with E-state index in [4.69, 9.17) is 0 Å². The van der Waals surface area contributed by atoms with Crippen molar-refractivity contribution in [2.75, 3.05) is 0 Å². The number of rotatable bonds is 0. The van der Waals surface area contributed by atoms with Crippen LogP contribution in [0.2, 0.25) is 0 Å². The molecular weight excluding hydrogens is 459 g/mol. The topological polar surface area (TPSA) is 0 Å². The normalized spacial score (nSPS) is 13.5. The Bertz CT molecular complexity index is 2050. The highest BCUT2D eigenvalue weighted by Gasteiger charge is 2.39. The first-order valence-corrected chi connectivity index (χ1v) is 13.7. The van der Waals surface area contributed by atoms with E-state index in [2.05, 4.69) is 103 Å². The molecule has 0 saturated heterocycles. The van der Waals surface area contributed by atoms with Gasteiger partial charge < -0.3 is 0 Å². The summed E-state index contributed by atoms with van der Waals surface area (Å²) in [7, 11) is 0. The summed E-state index contributed by atoms with van der Waals surface area (Å²) < 4.78 is 2.78. The molecule has 2 aliphatic rings. The lowest BCUT2D eigenvalue weighted by Gasteiger charge is -2.34. The smallest absolute Gasteiger partial charge is 0.135 e. The van der Waals surface area contributed by atoms with E-state index < -0.39 is 0 Å². The Morgan fingerprint density at radius 3 is 2.34 bits per heavy atom. The summed E-state index contributed by atoms with van der Waals surface area (Å²) in [6, 6.07) is 38.8. The van der Waals surface area contributed by atoms with E-state index in [-0.39, 0.29) is 6.71 Å². The highest BCUT2D eigenvalue weighted by atomic mass is 32.2. The van der Waals surface area contributed by atoms with Crippen LogP contribution < -0.4 is 16.4 Å². The van der Waals surface area contributed by atoms with E-state index >= 15 is 0 Å². The van der Waals surface area contributed by atoms with Crippen molar-refractivity contribution in [3.63, 3.8) is 0 Å². The van der Waals surface area contributed by atoms with E-state index in [0.717, 1.165) is 0 Å². The zero-order chi connectivity index (χ0) is 22.7. The molecule has 0 spiro atoms. The molecule has 0 nitrogen and oxygen atoms in total. The molecule has 0 amide bonds. The summed E-state index contributed by atoms with van der Waals surface area (Å²) in [4.78, 5) is 2.81. The van der Waals surface area contributed by atoms with Crippen LogP contribution in [-0.4, -0.2) is 6.71 Å². The molecule has 0 aliphatic carbocycles. The van der Waals surface area contributed by atoms with Gasteiger partial charge in [0.1, 0.15) is 0 Å². The Morgan fingerprint density at radius 2 is 1.37 bits per heavy atom. The zero-order valence-electron chi connectivity index (χ0n) is 18.7. The minimum atomic E-state index is 0.252. The fourth-order valence-corrected chi connectivity index (χ4v) is 9.01. The molecule has 2 aliphatic heterocycles. The van der Waals surface area contributed by atoms with Crippen LogP contribution >= 0.6 is 23.1 Å². The molecule has 0 bridgehead atoms. The summed E-state index contributed by atoms with van der Waals surface area (Å²) in [6.07, 6.45) is 0. The van der Waals surface area contributed by atoms with E-state index in [9.17, 15) is 0 Å². The second kappa shape index (κ2) is 6.57. The van der Waals surface area contributed by atoms with Gasteiger partial charge in [0.25, 0.3) is 0 Å². The van der Waals surface area contributed by atoms with Gasteiger partial charge in [0.05, 0.1) is 0 Å². The molecule has 1 aromatic heterocycles. The Balaban J connectivity index is 1.50. The Hall–Kier alpha value is -3.53. The van der Waals surface area contributed by atoms with E-state index in [0.29, 0.717) is 0 Å². The molecule has 0 atom stereocenters. The highest BCUT2D eigenvalue weighted by molar-refractivity contribution is 8.00. The Labute approximate surface area is 211 Å². The van der Waals surface area contributed by atoms with E-state index in [1.807, 2.05) is 23.1 Å². The summed E-state index contributed by atoms with van der Waals surface area (Å²) in [5, 5.41) is 8.29. The fraction of sp³-hybridized carbons (Fsp3) is 0. The molecule has 9 rings (SSSR count). The van der Waals surface area contributed by atoms with Crippen molar-refractivity contribution >= 4 is 87.9 Å². The summed E-state index contributed by atoms with van der Waals surface area (Å²) in [5.41, 5.74) is 7.18. The Morgan fingerprint density at radius 1 is 0.571 bits per heavy atom. The van der Waals surface area contributed by atoms with Gasteiger partial charge >= 0.3 is 0 Å². The maximum atomic E-state index is 2.53. The standard InChI is InChI=1S/C32H17BS2/c1-2-8-19-18(7-1)15-16-25-32(19)35-28-14-6-11-22-21-10-5-12-23-29(21)26(33(25)30(22)28)17-24-20-9-3-4-13-27(20)34-31(23)24/h1-17H. The third kappa shape index (κ3) is 2.31. The predicted octanol–water partition coefficient (Wildman–Crippen LogP) is 7.32. The molecule has 0 fully saturated rings. The molecule has 7 aromatic rings. The number of fused-ring (bicyclic) bond motifs is 10. The van der Waals surface area contributed by atoms with Crippen LogP contribution in [0.15, 0.2) is 113 Å². The molecule has 3 heteroatoms. The zero-order valence-corrected chi connectivity index (χ0v) is 20.3. The summed E-state index contributed by atoms with van der Waals surface area (Å²) in [5.74, 6) is 0. The van der Waals surface area contributed by atoms with Gasteiger partial charge in [0.15, 0.2) is 0 Å². The first-order chi connectivity index (χ1) is 17.4. The average Bonchev–Trinajstić information content (AvgIpc) is 3.29. The molecule has 6 aromatic carbocycles. The molecule has 0 N–H and O–H groups in total. The third-order valence-corrected chi connectivity index (χ3v) is 10.4. The second-order valence-corrected chi connectivity index (χ2v) is 11.7. The van der Waals surface area contributed by atoms with Crippen molar-refractivity contribution < 1.29 is 0 Å². The molecular formula is C32H17BS2. The summed E-state index contributed by atoms with van der Waals surface area (Å²) in [6.45, 7) is 0.252. The minimum Gasteiger partial charge on any atom is -0.135 e.